The van der Waals surface area contributed by atoms with Crippen molar-refractivity contribution in [1.29, 1.82) is 0 Å². The maximum absolute atomic E-state index is 12.6. The van der Waals surface area contributed by atoms with E-state index >= 15 is 0 Å². The molecule has 0 fully saturated rings. The number of nitrogens with zero attached hydrogens (tertiary/aromatic N) is 3. The quantitative estimate of drug-likeness (QED) is 0.567. The van der Waals surface area contributed by atoms with Crippen LogP contribution in [-0.4, -0.2) is 42.7 Å². The van der Waals surface area contributed by atoms with Crippen LogP contribution in [0.5, 0.6) is 5.88 Å². The summed E-state index contributed by atoms with van der Waals surface area (Å²) in [4.78, 5) is 23.7. The van der Waals surface area contributed by atoms with Crippen LogP contribution in [0.2, 0.25) is 0 Å². The van der Waals surface area contributed by atoms with E-state index in [4.69, 9.17) is 9.47 Å². The first-order valence-corrected chi connectivity index (χ1v) is 10.4. The molecule has 0 bridgehead atoms. The van der Waals surface area contributed by atoms with Gasteiger partial charge in [0.25, 0.3) is 5.91 Å². The fourth-order valence-corrected chi connectivity index (χ4v) is 3.58. The number of pyridine rings is 2. The predicted molar refractivity (Wildman–Crippen MR) is 118 cm³/mol. The minimum Gasteiger partial charge on any atom is -0.475 e. The van der Waals surface area contributed by atoms with E-state index in [2.05, 4.69) is 44.5 Å². The molecular formula is C24H26N4O3. The lowest BCUT2D eigenvalue weighted by atomic mass is 10.00. The summed E-state index contributed by atoms with van der Waals surface area (Å²) in [5, 5.41) is 2.91. The van der Waals surface area contributed by atoms with Gasteiger partial charge < -0.3 is 19.7 Å². The first kappa shape index (κ1) is 20.8. The Morgan fingerprint density at radius 2 is 1.94 bits per heavy atom. The second-order valence-corrected chi connectivity index (χ2v) is 7.34. The highest BCUT2D eigenvalue weighted by Gasteiger charge is 2.17. The zero-order valence-corrected chi connectivity index (χ0v) is 17.6. The van der Waals surface area contributed by atoms with Crippen LogP contribution in [0.4, 0.5) is 5.82 Å². The molecule has 1 aliphatic heterocycles. The third-order valence-corrected chi connectivity index (χ3v) is 5.26. The topological polar surface area (TPSA) is 76.6 Å². The molecular weight excluding hydrogens is 392 g/mol. The molecule has 0 aliphatic carbocycles. The fourth-order valence-electron chi connectivity index (χ4n) is 3.58. The molecule has 7 heteroatoms. The number of methoxy groups -OCH3 is 1. The Hall–Kier alpha value is -3.45. The van der Waals surface area contributed by atoms with Gasteiger partial charge in [-0.2, -0.15) is 0 Å². The van der Waals surface area contributed by atoms with E-state index < -0.39 is 0 Å². The van der Waals surface area contributed by atoms with Crippen molar-refractivity contribution in [2.45, 2.75) is 19.5 Å². The van der Waals surface area contributed by atoms with Gasteiger partial charge in [-0.25, -0.2) is 9.97 Å². The summed E-state index contributed by atoms with van der Waals surface area (Å²) < 4.78 is 10.5. The van der Waals surface area contributed by atoms with Crippen LogP contribution in [0.15, 0.2) is 60.9 Å². The van der Waals surface area contributed by atoms with Gasteiger partial charge in [0.15, 0.2) is 0 Å². The van der Waals surface area contributed by atoms with Crippen molar-refractivity contribution in [3.8, 4) is 5.88 Å². The zero-order valence-electron chi connectivity index (χ0n) is 17.6. The molecule has 0 spiro atoms. The number of rotatable bonds is 8. The highest BCUT2D eigenvalue weighted by Crippen LogP contribution is 2.23. The lowest BCUT2D eigenvalue weighted by molar-refractivity contribution is 0.0941. The molecule has 4 rings (SSSR count). The van der Waals surface area contributed by atoms with Gasteiger partial charge in [0, 0.05) is 39.1 Å². The van der Waals surface area contributed by atoms with Gasteiger partial charge in [0.1, 0.15) is 18.0 Å². The third-order valence-electron chi connectivity index (χ3n) is 5.26. The average Bonchev–Trinajstić information content (AvgIpc) is 2.83. The van der Waals surface area contributed by atoms with Gasteiger partial charge in [-0.1, -0.05) is 30.3 Å². The van der Waals surface area contributed by atoms with E-state index in [0.29, 0.717) is 31.2 Å². The Bertz CT molecular complexity index is 1020. The predicted octanol–water partition coefficient (Wildman–Crippen LogP) is 2.99. The Labute approximate surface area is 182 Å². The maximum Gasteiger partial charge on any atom is 0.257 e. The standard InChI is InChI=1S/C24H26N4O3/c1-30-13-14-31-24-21(7-4-11-25-24)23(29)27-16-18-8-9-22(26-15-18)28-12-10-19-5-2-3-6-20(19)17-28/h2-9,11,15H,10,12-14,16-17H2,1H3,(H,27,29). The number of anilines is 1. The monoisotopic (exact) mass is 418 g/mol. The summed E-state index contributed by atoms with van der Waals surface area (Å²) in [5.41, 5.74) is 4.10. The molecule has 1 amide bonds. The Balaban J connectivity index is 1.34. The van der Waals surface area contributed by atoms with E-state index in [1.54, 1.807) is 25.4 Å². The van der Waals surface area contributed by atoms with Gasteiger partial charge in [0.2, 0.25) is 5.88 Å². The third kappa shape index (κ3) is 5.19. The van der Waals surface area contributed by atoms with Gasteiger partial charge >= 0.3 is 0 Å². The molecule has 3 aromatic rings. The van der Waals surface area contributed by atoms with E-state index in [-0.39, 0.29) is 5.91 Å². The molecule has 0 radical (unpaired) electrons. The molecule has 3 heterocycles. The molecule has 0 atom stereocenters. The number of carbonyl (C=O) groups is 1. The molecule has 31 heavy (non-hydrogen) atoms. The Morgan fingerprint density at radius 3 is 2.74 bits per heavy atom. The van der Waals surface area contributed by atoms with E-state index in [1.165, 1.54) is 11.1 Å². The molecule has 7 nitrogen and oxygen atoms in total. The Kier molecular flexibility index (Phi) is 6.74. The van der Waals surface area contributed by atoms with Crippen molar-refractivity contribution < 1.29 is 14.3 Å². The van der Waals surface area contributed by atoms with E-state index in [0.717, 1.165) is 30.9 Å². The zero-order chi connectivity index (χ0) is 21.5. The van der Waals surface area contributed by atoms with Crippen LogP contribution in [0.1, 0.15) is 27.0 Å². The molecule has 0 saturated carbocycles. The smallest absolute Gasteiger partial charge is 0.257 e. The van der Waals surface area contributed by atoms with Crippen LogP contribution in [-0.2, 0) is 24.2 Å². The van der Waals surface area contributed by atoms with Crippen molar-refractivity contribution in [3.05, 3.63) is 83.2 Å². The summed E-state index contributed by atoms with van der Waals surface area (Å²) in [6.45, 7) is 2.96. The second-order valence-electron chi connectivity index (χ2n) is 7.34. The van der Waals surface area contributed by atoms with Crippen molar-refractivity contribution in [3.63, 3.8) is 0 Å². The molecule has 1 aliphatic rings. The second kappa shape index (κ2) is 10.0. The van der Waals surface area contributed by atoms with Crippen LogP contribution in [0, 0.1) is 0 Å². The van der Waals surface area contributed by atoms with Crippen LogP contribution in [0.25, 0.3) is 0 Å². The minimum atomic E-state index is -0.239. The van der Waals surface area contributed by atoms with E-state index in [1.807, 2.05) is 18.3 Å². The molecule has 0 unspecified atom stereocenters. The van der Waals surface area contributed by atoms with E-state index in [9.17, 15) is 4.79 Å². The number of ether oxygens (including phenoxy) is 2. The van der Waals surface area contributed by atoms with Crippen molar-refractivity contribution in [2.75, 3.05) is 31.8 Å². The number of benzene rings is 1. The van der Waals surface area contributed by atoms with Crippen molar-refractivity contribution >= 4 is 11.7 Å². The first-order valence-electron chi connectivity index (χ1n) is 10.4. The number of nitrogens with one attached hydrogen (secondary N) is 1. The van der Waals surface area contributed by atoms with Crippen molar-refractivity contribution in [2.24, 2.45) is 0 Å². The highest BCUT2D eigenvalue weighted by molar-refractivity contribution is 5.96. The van der Waals surface area contributed by atoms with Gasteiger partial charge in [-0.3, -0.25) is 4.79 Å². The minimum absolute atomic E-state index is 0.239. The number of carbonyl (C=O) groups excluding carboxylic acids is 1. The lowest BCUT2D eigenvalue weighted by Crippen LogP contribution is -2.31. The fraction of sp³-hybridized carbons (Fsp3) is 0.292. The summed E-state index contributed by atoms with van der Waals surface area (Å²) in [5.74, 6) is 1.01. The van der Waals surface area contributed by atoms with Gasteiger partial charge in [-0.05, 0) is 41.3 Å². The number of hydrogen-bond acceptors (Lipinski definition) is 6. The van der Waals surface area contributed by atoms with Crippen LogP contribution < -0.4 is 15.0 Å². The van der Waals surface area contributed by atoms with Crippen molar-refractivity contribution in [1.82, 2.24) is 15.3 Å². The first-order chi connectivity index (χ1) is 15.2. The normalized spacial score (nSPS) is 12.9. The number of amides is 1. The summed E-state index contributed by atoms with van der Waals surface area (Å²) in [6, 6.07) is 16.0. The van der Waals surface area contributed by atoms with Gasteiger partial charge in [0.05, 0.1) is 6.61 Å². The largest absolute Gasteiger partial charge is 0.475 e. The molecule has 1 aromatic carbocycles. The summed E-state index contributed by atoms with van der Waals surface area (Å²) >= 11 is 0. The summed E-state index contributed by atoms with van der Waals surface area (Å²) in [7, 11) is 1.60. The number of hydrogen-bond donors (Lipinski definition) is 1. The maximum atomic E-state index is 12.6. The molecule has 1 N–H and O–H groups in total. The summed E-state index contributed by atoms with van der Waals surface area (Å²) in [6.07, 6.45) is 4.44. The SMILES string of the molecule is COCCOc1ncccc1C(=O)NCc1ccc(N2CCc3ccccc3C2)nc1. The highest BCUT2D eigenvalue weighted by atomic mass is 16.5. The number of aromatic nitrogens is 2. The Morgan fingerprint density at radius 1 is 1.06 bits per heavy atom. The molecule has 160 valence electrons. The van der Waals surface area contributed by atoms with Gasteiger partial charge in [-0.15, -0.1) is 0 Å². The van der Waals surface area contributed by atoms with Crippen LogP contribution >= 0.6 is 0 Å². The average molecular weight is 418 g/mol. The van der Waals surface area contributed by atoms with Crippen LogP contribution in [0.3, 0.4) is 0 Å². The lowest BCUT2D eigenvalue weighted by Gasteiger charge is -2.29. The number of fused-ring (bicyclic) bond motifs is 1. The molecule has 2 aromatic heterocycles. The molecule has 0 saturated heterocycles.